The van der Waals surface area contributed by atoms with Gasteiger partial charge in [-0.1, -0.05) is 72.8 Å². The van der Waals surface area contributed by atoms with Crippen molar-refractivity contribution in [1.82, 2.24) is 4.98 Å². The zero-order chi connectivity index (χ0) is 17.6. The third-order valence-electron chi connectivity index (χ3n) is 4.06. The maximum Gasteiger partial charge on any atom is 0.258 e. The minimum absolute atomic E-state index is 0.517. The summed E-state index contributed by atoms with van der Waals surface area (Å²) >= 11 is 0. The summed E-state index contributed by atoms with van der Waals surface area (Å²) in [7, 11) is 0. The Morgan fingerprint density at radius 2 is 1.42 bits per heavy atom. The van der Waals surface area contributed by atoms with E-state index < -0.39 is 0 Å². The van der Waals surface area contributed by atoms with Crippen LogP contribution in [0, 0.1) is 0 Å². The van der Waals surface area contributed by atoms with Crippen LogP contribution >= 0.6 is 0 Å². The first-order chi connectivity index (χ1) is 12.9. The second-order valence-corrected chi connectivity index (χ2v) is 5.98. The first-order valence-corrected chi connectivity index (χ1v) is 8.60. The number of aromatic nitrogens is 1. The molecule has 0 aliphatic heterocycles. The van der Waals surface area contributed by atoms with Crippen LogP contribution in [0.1, 0.15) is 11.1 Å². The van der Waals surface area contributed by atoms with Gasteiger partial charge in [0.25, 0.3) is 5.55 Å². The average molecular weight is 341 g/mol. The van der Waals surface area contributed by atoms with Gasteiger partial charge in [-0.3, -0.25) is 0 Å². The number of rotatable bonds is 5. The molecule has 26 heavy (non-hydrogen) atoms. The predicted molar refractivity (Wildman–Crippen MR) is 103 cm³/mol. The van der Waals surface area contributed by atoms with Crippen molar-refractivity contribution >= 4 is 16.9 Å². The monoisotopic (exact) mass is 341 g/mol. The van der Waals surface area contributed by atoms with Crippen molar-refractivity contribution in [2.75, 3.05) is 5.32 Å². The summed E-state index contributed by atoms with van der Waals surface area (Å²) in [6, 6.07) is 28.1. The lowest BCUT2D eigenvalue weighted by Crippen LogP contribution is -2.14. The maximum absolute atomic E-state index is 6.01. The Balaban J connectivity index is 1.69. The lowest BCUT2D eigenvalue weighted by molar-refractivity contribution is 0.531. The molecule has 0 bridgehead atoms. The summed E-state index contributed by atoms with van der Waals surface area (Å²) in [4.78, 5) is 9.35. The Morgan fingerprint density at radius 1 is 0.769 bits per heavy atom. The molecule has 4 nitrogen and oxygen atoms in total. The summed E-state index contributed by atoms with van der Waals surface area (Å²) in [5.74, 6) is 0.656. The van der Waals surface area contributed by atoms with Gasteiger partial charge in [0.05, 0.1) is 6.54 Å². The third kappa shape index (κ3) is 3.81. The van der Waals surface area contributed by atoms with Crippen LogP contribution in [0.3, 0.4) is 0 Å². The molecule has 1 aromatic heterocycles. The molecule has 4 heteroatoms. The quantitative estimate of drug-likeness (QED) is 0.580. The molecule has 128 valence electrons. The molecule has 0 radical (unpaired) electrons. The fourth-order valence-corrected chi connectivity index (χ4v) is 2.71. The van der Waals surface area contributed by atoms with Crippen molar-refractivity contribution in [3.8, 4) is 0 Å². The van der Waals surface area contributed by atoms with Crippen LogP contribution in [0.4, 0.5) is 5.82 Å². The second-order valence-electron chi connectivity index (χ2n) is 5.98. The van der Waals surface area contributed by atoms with E-state index in [2.05, 4.69) is 34.6 Å². The number of hydrogen-bond acceptors (Lipinski definition) is 4. The molecule has 4 aromatic rings. The second kappa shape index (κ2) is 7.66. The van der Waals surface area contributed by atoms with Gasteiger partial charge in [-0.05, 0) is 23.3 Å². The fraction of sp³-hybridized carbons (Fsp3) is 0.0909. The number of fused-ring (bicyclic) bond motifs is 1. The van der Waals surface area contributed by atoms with Gasteiger partial charge in [0.2, 0.25) is 0 Å². The van der Waals surface area contributed by atoms with Gasteiger partial charge in [-0.2, -0.15) is 0 Å². The van der Waals surface area contributed by atoms with Crippen LogP contribution in [-0.4, -0.2) is 4.98 Å². The Morgan fingerprint density at radius 3 is 2.19 bits per heavy atom. The van der Waals surface area contributed by atoms with Gasteiger partial charge in [0.15, 0.2) is 11.4 Å². The lowest BCUT2D eigenvalue weighted by Gasteiger charge is -2.07. The van der Waals surface area contributed by atoms with Crippen LogP contribution in [0.5, 0.6) is 0 Å². The van der Waals surface area contributed by atoms with Gasteiger partial charge in [-0.15, -0.1) is 0 Å². The number of para-hydroxylation sites is 2. The van der Waals surface area contributed by atoms with E-state index >= 15 is 0 Å². The molecular formula is C22H19N3O. The molecule has 0 saturated heterocycles. The van der Waals surface area contributed by atoms with E-state index in [1.807, 2.05) is 60.7 Å². The topological polar surface area (TPSA) is 50.4 Å². The highest BCUT2D eigenvalue weighted by Gasteiger charge is 2.05. The molecule has 3 aromatic carbocycles. The lowest BCUT2D eigenvalue weighted by atomic mass is 10.2. The van der Waals surface area contributed by atoms with Crippen molar-refractivity contribution in [1.29, 1.82) is 0 Å². The van der Waals surface area contributed by atoms with Crippen molar-refractivity contribution in [3.63, 3.8) is 0 Å². The first kappa shape index (κ1) is 16.1. The van der Waals surface area contributed by atoms with Crippen LogP contribution < -0.4 is 10.9 Å². The highest BCUT2D eigenvalue weighted by molar-refractivity contribution is 5.72. The molecule has 0 fully saturated rings. The Kier molecular flexibility index (Phi) is 4.74. The first-order valence-electron chi connectivity index (χ1n) is 8.60. The summed E-state index contributed by atoms with van der Waals surface area (Å²) in [6.07, 6.45) is 0. The number of nitrogens with zero attached hydrogens (tertiary/aromatic N) is 2. The van der Waals surface area contributed by atoms with E-state index in [1.165, 1.54) is 5.56 Å². The number of nitrogens with one attached hydrogen (secondary N) is 1. The van der Waals surface area contributed by atoms with Crippen LogP contribution in [-0.2, 0) is 13.1 Å². The van der Waals surface area contributed by atoms with Gasteiger partial charge in [0.1, 0.15) is 5.52 Å². The molecule has 0 spiro atoms. The van der Waals surface area contributed by atoms with E-state index in [9.17, 15) is 0 Å². The molecule has 4 rings (SSSR count). The summed E-state index contributed by atoms with van der Waals surface area (Å²) in [5, 5.41) is 3.36. The Hall–Kier alpha value is -3.40. The van der Waals surface area contributed by atoms with Crippen LogP contribution in [0.25, 0.3) is 11.1 Å². The number of anilines is 1. The highest BCUT2D eigenvalue weighted by atomic mass is 16.3. The summed E-state index contributed by atoms with van der Waals surface area (Å²) in [5.41, 5.74) is 4.36. The number of benzene rings is 3. The smallest absolute Gasteiger partial charge is 0.258 e. The summed E-state index contributed by atoms with van der Waals surface area (Å²) < 4.78 is 6.01. The molecule has 0 saturated carbocycles. The minimum Gasteiger partial charge on any atom is -0.434 e. The Labute approximate surface area is 151 Å². The zero-order valence-electron chi connectivity index (χ0n) is 14.3. The normalized spacial score (nSPS) is 11.6. The molecule has 0 atom stereocenters. The van der Waals surface area contributed by atoms with Crippen molar-refractivity contribution in [3.05, 3.63) is 102 Å². The van der Waals surface area contributed by atoms with Gasteiger partial charge >= 0.3 is 0 Å². The van der Waals surface area contributed by atoms with E-state index in [0.29, 0.717) is 24.5 Å². The number of hydrogen-bond donors (Lipinski definition) is 1. The van der Waals surface area contributed by atoms with Gasteiger partial charge in [0, 0.05) is 6.54 Å². The minimum atomic E-state index is 0.517. The van der Waals surface area contributed by atoms with E-state index in [0.717, 1.165) is 16.7 Å². The SMILES string of the molecule is c1ccc(CN=c2oc3ccccc3nc2NCc2ccccc2)cc1. The van der Waals surface area contributed by atoms with Crippen molar-refractivity contribution in [2.45, 2.75) is 13.1 Å². The van der Waals surface area contributed by atoms with Gasteiger partial charge in [-0.25, -0.2) is 9.98 Å². The third-order valence-corrected chi connectivity index (χ3v) is 4.06. The fourth-order valence-electron chi connectivity index (χ4n) is 2.71. The van der Waals surface area contributed by atoms with E-state index in [1.54, 1.807) is 0 Å². The molecular weight excluding hydrogens is 322 g/mol. The van der Waals surface area contributed by atoms with E-state index in [4.69, 9.17) is 9.40 Å². The van der Waals surface area contributed by atoms with Crippen LogP contribution in [0.15, 0.2) is 94.3 Å². The Bertz CT molecular complexity index is 1060. The maximum atomic E-state index is 6.01. The zero-order valence-corrected chi connectivity index (χ0v) is 14.3. The molecule has 0 amide bonds. The molecule has 1 N–H and O–H groups in total. The largest absolute Gasteiger partial charge is 0.434 e. The molecule has 1 heterocycles. The average Bonchev–Trinajstić information content (AvgIpc) is 2.72. The highest BCUT2D eigenvalue weighted by Crippen LogP contribution is 2.12. The molecule has 0 aliphatic carbocycles. The van der Waals surface area contributed by atoms with Gasteiger partial charge < -0.3 is 9.73 Å². The molecule has 0 aliphatic rings. The van der Waals surface area contributed by atoms with Crippen LogP contribution in [0.2, 0.25) is 0 Å². The van der Waals surface area contributed by atoms with Crippen molar-refractivity contribution < 1.29 is 4.42 Å². The van der Waals surface area contributed by atoms with E-state index in [-0.39, 0.29) is 0 Å². The predicted octanol–water partition coefficient (Wildman–Crippen LogP) is 4.54. The van der Waals surface area contributed by atoms with Crippen molar-refractivity contribution in [2.24, 2.45) is 4.99 Å². The summed E-state index contributed by atoms with van der Waals surface area (Å²) in [6.45, 7) is 1.21. The standard InChI is InChI=1S/C22H19N3O/c1-3-9-17(10-4-1)15-23-21-22(24-16-18-11-5-2-6-12-18)26-20-14-8-7-13-19(20)25-21/h1-14H,15-16H2,(H,23,25). The molecule has 0 unspecified atom stereocenters.